The summed E-state index contributed by atoms with van der Waals surface area (Å²) in [6.07, 6.45) is 1.99. The lowest BCUT2D eigenvalue weighted by Gasteiger charge is -2.24. The lowest BCUT2D eigenvalue weighted by atomic mass is 9.90. The van der Waals surface area contributed by atoms with Crippen molar-refractivity contribution in [1.82, 2.24) is 0 Å². The van der Waals surface area contributed by atoms with E-state index >= 15 is 0 Å². The zero-order valence-corrected chi connectivity index (χ0v) is 12.8. The van der Waals surface area contributed by atoms with Gasteiger partial charge in [-0.2, -0.15) is 8.42 Å². The Labute approximate surface area is 125 Å². The van der Waals surface area contributed by atoms with Gasteiger partial charge < -0.3 is 0 Å². The fraction of sp³-hybridized carbons (Fsp3) is 0.294. The summed E-state index contributed by atoms with van der Waals surface area (Å²) in [5, 5.41) is 0. The van der Waals surface area contributed by atoms with E-state index in [0.717, 1.165) is 18.4 Å². The summed E-state index contributed by atoms with van der Waals surface area (Å²) >= 11 is 0. The Bertz CT molecular complexity index is 733. The first-order valence-corrected chi connectivity index (χ1v) is 8.52. The predicted molar refractivity (Wildman–Crippen MR) is 81.7 cm³/mol. The quantitative estimate of drug-likeness (QED) is 0.817. The van der Waals surface area contributed by atoms with E-state index in [1.54, 1.807) is 24.3 Å². The van der Waals surface area contributed by atoms with Crippen molar-refractivity contribution in [3.8, 4) is 0 Å². The van der Waals surface area contributed by atoms with E-state index in [-0.39, 0.29) is 11.0 Å². The van der Waals surface area contributed by atoms with Crippen LogP contribution in [0.4, 0.5) is 0 Å². The summed E-state index contributed by atoms with van der Waals surface area (Å²) in [7, 11) is -3.68. The van der Waals surface area contributed by atoms with Crippen LogP contribution in [0.1, 0.15) is 23.1 Å². The van der Waals surface area contributed by atoms with Crippen LogP contribution in [0.25, 0.3) is 0 Å². The van der Waals surface area contributed by atoms with Crippen LogP contribution in [0.15, 0.2) is 53.4 Å². The summed E-state index contributed by atoms with van der Waals surface area (Å²) < 4.78 is 30.0. The molecule has 3 rings (SSSR count). The summed E-state index contributed by atoms with van der Waals surface area (Å²) in [4.78, 5) is 0.229. The Hall–Kier alpha value is -1.65. The molecule has 2 aromatic carbocycles. The van der Waals surface area contributed by atoms with E-state index in [9.17, 15) is 8.42 Å². The highest BCUT2D eigenvalue weighted by atomic mass is 32.2. The molecule has 0 amide bonds. The molecule has 0 radical (unpaired) electrons. The smallest absolute Gasteiger partial charge is 0.263 e. The predicted octanol–water partition coefficient (Wildman–Crippen LogP) is 3.26. The third kappa shape index (κ3) is 3.17. The molecule has 21 heavy (non-hydrogen) atoms. The number of hydrogen-bond donors (Lipinski definition) is 0. The molecule has 1 unspecified atom stereocenters. The van der Waals surface area contributed by atoms with Crippen molar-refractivity contribution in [2.45, 2.75) is 37.2 Å². The average molecular weight is 302 g/mol. The topological polar surface area (TPSA) is 43.4 Å². The zero-order chi connectivity index (χ0) is 14.9. The molecule has 110 valence electrons. The van der Waals surface area contributed by atoms with Crippen molar-refractivity contribution < 1.29 is 12.6 Å². The molecule has 0 aliphatic heterocycles. The number of aryl methyl sites for hydroxylation is 2. The summed E-state index contributed by atoms with van der Waals surface area (Å²) in [5.74, 6) is 0. The van der Waals surface area contributed by atoms with Gasteiger partial charge in [0.05, 0.1) is 11.0 Å². The fourth-order valence-corrected chi connectivity index (χ4v) is 3.79. The second-order valence-corrected chi connectivity index (χ2v) is 7.07. The second-order valence-electron chi connectivity index (χ2n) is 5.50. The van der Waals surface area contributed by atoms with E-state index in [1.807, 2.05) is 25.1 Å². The molecule has 4 heteroatoms. The summed E-state index contributed by atoms with van der Waals surface area (Å²) in [5.41, 5.74) is 3.51. The minimum Gasteiger partial charge on any atom is -0.263 e. The molecular formula is C17H18O3S. The van der Waals surface area contributed by atoms with Gasteiger partial charge in [-0.15, -0.1) is 0 Å². The van der Waals surface area contributed by atoms with Gasteiger partial charge in [0.25, 0.3) is 10.1 Å². The molecule has 0 heterocycles. The fourth-order valence-electron chi connectivity index (χ4n) is 2.69. The standard InChI is InChI=1S/C17H18O3S/c1-13-6-10-17(11-7-13)21(18,19)20-16-9-8-14-4-2-3-5-15(14)12-16/h2-7,10-11,16H,8-9,12H2,1H3. The molecular weight excluding hydrogens is 284 g/mol. The zero-order valence-electron chi connectivity index (χ0n) is 12.0. The normalized spacial score (nSPS) is 18.2. The molecule has 3 nitrogen and oxygen atoms in total. The van der Waals surface area contributed by atoms with Gasteiger partial charge in [-0.3, -0.25) is 4.18 Å². The van der Waals surface area contributed by atoms with Crippen molar-refractivity contribution in [2.75, 3.05) is 0 Å². The van der Waals surface area contributed by atoms with Crippen molar-refractivity contribution in [3.63, 3.8) is 0 Å². The maximum absolute atomic E-state index is 12.3. The van der Waals surface area contributed by atoms with Gasteiger partial charge in [0.2, 0.25) is 0 Å². The van der Waals surface area contributed by atoms with Crippen molar-refractivity contribution >= 4 is 10.1 Å². The Kier molecular flexibility index (Phi) is 3.83. The molecule has 0 N–H and O–H groups in total. The third-order valence-electron chi connectivity index (χ3n) is 3.87. The Balaban J connectivity index is 1.77. The minimum absolute atomic E-state index is 0.229. The number of hydrogen-bond acceptors (Lipinski definition) is 3. The third-order valence-corrected chi connectivity index (χ3v) is 5.25. The highest BCUT2D eigenvalue weighted by Gasteiger charge is 2.25. The van der Waals surface area contributed by atoms with Gasteiger partial charge in [-0.25, -0.2) is 0 Å². The lowest BCUT2D eigenvalue weighted by molar-refractivity contribution is 0.192. The molecule has 0 bridgehead atoms. The maximum atomic E-state index is 12.3. The van der Waals surface area contributed by atoms with E-state index in [1.165, 1.54) is 11.1 Å². The Morgan fingerprint density at radius 1 is 1.00 bits per heavy atom. The first kappa shape index (κ1) is 14.3. The highest BCUT2D eigenvalue weighted by Crippen LogP contribution is 2.26. The molecule has 0 saturated carbocycles. The van der Waals surface area contributed by atoms with E-state index in [0.29, 0.717) is 6.42 Å². The van der Waals surface area contributed by atoms with Crippen molar-refractivity contribution in [1.29, 1.82) is 0 Å². The van der Waals surface area contributed by atoms with Crippen LogP contribution in [-0.4, -0.2) is 14.5 Å². The first-order chi connectivity index (χ1) is 10.0. The molecule has 2 aromatic rings. The van der Waals surface area contributed by atoms with E-state index in [2.05, 4.69) is 6.07 Å². The van der Waals surface area contributed by atoms with Crippen LogP contribution in [0.2, 0.25) is 0 Å². The number of benzene rings is 2. The first-order valence-electron chi connectivity index (χ1n) is 7.11. The van der Waals surface area contributed by atoms with Gasteiger partial charge in [0.1, 0.15) is 0 Å². The molecule has 0 fully saturated rings. The van der Waals surface area contributed by atoms with Crippen LogP contribution < -0.4 is 0 Å². The molecule has 0 saturated heterocycles. The second kappa shape index (κ2) is 5.62. The monoisotopic (exact) mass is 302 g/mol. The van der Waals surface area contributed by atoms with E-state index < -0.39 is 10.1 Å². The van der Waals surface area contributed by atoms with Crippen LogP contribution in [0.3, 0.4) is 0 Å². The van der Waals surface area contributed by atoms with Crippen LogP contribution >= 0.6 is 0 Å². The summed E-state index contributed by atoms with van der Waals surface area (Å²) in [6, 6.07) is 14.9. The molecule has 0 aromatic heterocycles. The van der Waals surface area contributed by atoms with Crippen LogP contribution in [-0.2, 0) is 27.1 Å². The molecule has 1 atom stereocenters. The minimum atomic E-state index is -3.68. The molecule has 1 aliphatic rings. The molecule has 0 spiro atoms. The summed E-state index contributed by atoms with van der Waals surface area (Å²) in [6.45, 7) is 1.93. The molecule has 1 aliphatic carbocycles. The number of rotatable bonds is 3. The van der Waals surface area contributed by atoms with Gasteiger partial charge >= 0.3 is 0 Å². The average Bonchev–Trinajstić information content (AvgIpc) is 2.47. The largest absolute Gasteiger partial charge is 0.297 e. The lowest BCUT2D eigenvalue weighted by Crippen LogP contribution is -2.25. The van der Waals surface area contributed by atoms with Gasteiger partial charge in [-0.1, -0.05) is 42.0 Å². The van der Waals surface area contributed by atoms with Crippen LogP contribution in [0, 0.1) is 6.92 Å². The van der Waals surface area contributed by atoms with Crippen LogP contribution in [0.5, 0.6) is 0 Å². The Morgan fingerprint density at radius 2 is 1.67 bits per heavy atom. The van der Waals surface area contributed by atoms with Crippen molar-refractivity contribution in [3.05, 3.63) is 65.2 Å². The maximum Gasteiger partial charge on any atom is 0.297 e. The Morgan fingerprint density at radius 3 is 2.38 bits per heavy atom. The van der Waals surface area contributed by atoms with Gasteiger partial charge in [0, 0.05) is 6.42 Å². The van der Waals surface area contributed by atoms with E-state index in [4.69, 9.17) is 4.18 Å². The SMILES string of the molecule is Cc1ccc(S(=O)(=O)OC2CCc3ccccc3C2)cc1. The highest BCUT2D eigenvalue weighted by molar-refractivity contribution is 7.86. The van der Waals surface area contributed by atoms with Crippen molar-refractivity contribution in [2.24, 2.45) is 0 Å². The van der Waals surface area contributed by atoms with Gasteiger partial charge in [0.15, 0.2) is 0 Å². The number of fused-ring (bicyclic) bond motifs is 1. The van der Waals surface area contributed by atoms with Gasteiger partial charge in [-0.05, 0) is 43.0 Å².